The predicted octanol–water partition coefficient (Wildman–Crippen LogP) is 1.15. The Morgan fingerprint density at radius 2 is 2.42 bits per heavy atom. The Hall–Kier alpha value is -2.08. The van der Waals surface area contributed by atoms with Gasteiger partial charge in [-0.3, -0.25) is 4.79 Å². The molecule has 0 aliphatic carbocycles. The molecule has 6 nitrogen and oxygen atoms in total. The van der Waals surface area contributed by atoms with E-state index < -0.39 is 5.91 Å². The zero-order valence-corrected chi connectivity index (χ0v) is 10.6. The molecular formula is C13H15N3O3. The van der Waals surface area contributed by atoms with Crippen LogP contribution in [0.15, 0.2) is 22.7 Å². The number of fused-ring (bicyclic) bond motifs is 1. The van der Waals surface area contributed by atoms with Gasteiger partial charge in [-0.05, 0) is 18.6 Å². The fourth-order valence-corrected chi connectivity index (χ4v) is 2.46. The molecule has 1 amide bonds. The lowest BCUT2D eigenvalue weighted by Crippen LogP contribution is -2.21. The number of anilines is 1. The van der Waals surface area contributed by atoms with E-state index in [2.05, 4.69) is 10.1 Å². The van der Waals surface area contributed by atoms with Crippen molar-refractivity contribution in [2.75, 3.05) is 25.1 Å². The fraction of sp³-hybridized carbons (Fsp3) is 0.385. The third kappa shape index (κ3) is 2.04. The van der Waals surface area contributed by atoms with Crippen molar-refractivity contribution in [2.24, 2.45) is 5.73 Å². The van der Waals surface area contributed by atoms with E-state index in [4.69, 9.17) is 15.0 Å². The van der Waals surface area contributed by atoms with Gasteiger partial charge in [0.1, 0.15) is 0 Å². The average Bonchev–Trinajstić information content (AvgIpc) is 3.04. The summed E-state index contributed by atoms with van der Waals surface area (Å²) in [4.78, 5) is 13.4. The number of amides is 1. The molecule has 1 fully saturated rings. The Balaban J connectivity index is 1.93. The summed E-state index contributed by atoms with van der Waals surface area (Å²) in [7, 11) is 1.73. The molecule has 2 N–H and O–H groups in total. The van der Waals surface area contributed by atoms with Crippen LogP contribution in [0.25, 0.3) is 11.0 Å². The second-order valence-electron chi connectivity index (χ2n) is 4.67. The molecule has 6 heteroatoms. The third-order valence-corrected chi connectivity index (χ3v) is 3.53. The molecule has 1 aromatic carbocycles. The van der Waals surface area contributed by atoms with Gasteiger partial charge in [0, 0.05) is 32.0 Å². The first-order valence-electron chi connectivity index (χ1n) is 6.16. The van der Waals surface area contributed by atoms with E-state index in [9.17, 15) is 4.79 Å². The monoisotopic (exact) mass is 261 g/mol. The molecule has 19 heavy (non-hydrogen) atoms. The summed E-state index contributed by atoms with van der Waals surface area (Å²) in [6.45, 7) is 1.81. The van der Waals surface area contributed by atoms with Crippen LogP contribution in [0.1, 0.15) is 16.9 Å². The number of carbonyl (C=O) groups excluding carboxylic acids is 1. The first-order valence-corrected chi connectivity index (χ1v) is 6.16. The number of aromatic nitrogens is 1. The van der Waals surface area contributed by atoms with Gasteiger partial charge in [-0.2, -0.15) is 0 Å². The van der Waals surface area contributed by atoms with Crippen LogP contribution in [0.4, 0.5) is 5.69 Å². The quantitative estimate of drug-likeness (QED) is 0.896. The van der Waals surface area contributed by atoms with Crippen LogP contribution in [0.2, 0.25) is 0 Å². The smallest absolute Gasteiger partial charge is 0.271 e. The van der Waals surface area contributed by atoms with Crippen molar-refractivity contribution in [1.82, 2.24) is 5.16 Å². The summed E-state index contributed by atoms with van der Waals surface area (Å²) in [6, 6.07) is 5.65. The fourth-order valence-electron chi connectivity index (χ4n) is 2.46. The van der Waals surface area contributed by atoms with Crippen LogP contribution in [-0.2, 0) is 4.74 Å². The molecule has 0 radical (unpaired) electrons. The molecule has 0 saturated carbocycles. The Morgan fingerprint density at radius 1 is 1.58 bits per heavy atom. The minimum atomic E-state index is -0.577. The first kappa shape index (κ1) is 12.0. The normalized spacial score (nSPS) is 19.2. The molecule has 1 aromatic heterocycles. The standard InChI is InChI=1S/C13H15N3O3/c1-18-9-4-5-16(7-9)8-2-3-10-11(6-8)19-15-12(10)13(14)17/h2-3,6,9H,4-5,7H2,1H3,(H2,14,17). The molecule has 0 bridgehead atoms. The Morgan fingerprint density at radius 3 is 3.11 bits per heavy atom. The number of carbonyl (C=O) groups is 1. The Labute approximate surface area is 110 Å². The van der Waals surface area contributed by atoms with Crippen LogP contribution in [-0.4, -0.2) is 37.4 Å². The van der Waals surface area contributed by atoms with Crippen molar-refractivity contribution < 1.29 is 14.1 Å². The van der Waals surface area contributed by atoms with E-state index in [-0.39, 0.29) is 11.8 Å². The first-order chi connectivity index (χ1) is 9.19. The van der Waals surface area contributed by atoms with Crippen LogP contribution < -0.4 is 10.6 Å². The second-order valence-corrected chi connectivity index (χ2v) is 4.67. The minimum Gasteiger partial charge on any atom is -0.380 e. The van der Waals surface area contributed by atoms with E-state index in [1.54, 1.807) is 7.11 Å². The molecule has 1 aliphatic rings. The zero-order valence-electron chi connectivity index (χ0n) is 10.6. The number of benzene rings is 1. The Bertz CT molecular complexity index is 623. The minimum absolute atomic E-state index is 0.178. The van der Waals surface area contributed by atoms with Gasteiger partial charge in [0.05, 0.1) is 11.5 Å². The summed E-state index contributed by atoms with van der Waals surface area (Å²) >= 11 is 0. The summed E-state index contributed by atoms with van der Waals surface area (Å²) in [5.41, 5.74) is 7.03. The van der Waals surface area contributed by atoms with Crippen LogP contribution in [0.3, 0.4) is 0 Å². The molecule has 1 atom stereocenters. The van der Waals surface area contributed by atoms with Crippen molar-refractivity contribution in [3.63, 3.8) is 0 Å². The van der Waals surface area contributed by atoms with Gasteiger partial charge in [-0.25, -0.2) is 0 Å². The topological polar surface area (TPSA) is 81.6 Å². The zero-order chi connectivity index (χ0) is 13.4. The number of hydrogen-bond acceptors (Lipinski definition) is 5. The van der Waals surface area contributed by atoms with Crippen molar-refractivity contribution in [3.8, 4) is 0 Å². The molecule has 0 spiro atoms. The van der Waals surface area contributed by atoms with Gasteiger partial charge in [0.25, 0.3) is 5.91 Å². The Kier molecular flexibility index (Phi) is 2.87. The highest BCUT2D eigenvalue weighted by Crippen LogP contribution is 2.27. The third-order valence-electron chi connectivity index (χ3n) is 3.53. The molecule has 100 valence electrons. The summed E-state index contributed by atoms with van der Waals surface area (Å²) in [5, 5.41) is 4.35. The van der Waals surface area contributed by atoms with Gasteiger partial charge in [-0.1, -0.05) is 5.16 Å². The maximum atomic E-state index is 11.2. The van der Waals surface area contributed by atoms with Crippen molar-refractivity contribution in [3.05, 3.63) is 23.9 Å². The number of ether oxygens (including phenoxy) is 1. The highest BCUT2D eigenvalue weighted by molar-refractivity contribution is 6.03. The molecule has 3 rings (SSSR count). The average molecular weight is 261 g/mol. The van der Waals surface area contributed by atoms with E-state index in [1.165, 1.54) is 0 Å². The van der Waals surface area contributed by atoms with Crippen molar-refractivity contribution in [2.45, 2.75) is 12.5 Å². The highest BCUT2D eigenvalue weighted by Gasteiger charge is 2.23. The van der Waals surface area contributed by atoms with Gasteiger partial charge < -0.3 is 19.9 Å². The van der Waals surface area contributed by atoms with Crippen LogP contribution >= 0.6 is 0 Å². The maximum absolute atomic E-state index is 11.2. The molecule has 2 heterocycles. The number of rotatable bonds is 3. The van der Waals surface area contributed by atoms with Gasteiger partial charge in [0.15, 0.2) is 11.3 Å². The summed E-state index contributed by atoms with van der Waals surface area (Å²) in [5.74, 6) is -0.577. The van der Waals surface area contributed by atoms with Crippen LogP contribution in [0, 0.1) is 0 Å². The lowest BCUT2D eigenvalue weighted by molar-refractivity contribution is 0.0993. The number of nitrogens with two attached hydrogens (primary N) is 1. The number of nitrogens with zero attached hydrogens (tertiary/aromatic N) is 2. The molecule has 2 aromatic rings. The number of primary amides is 1. The predicted molar refractivity (Wildman–Crippen MR) is 70.2 cm³/mol. The van der Waals surface area contributed by atoms with E-state index in [0.717, 1.165) is 25.2 Å². The lowest BCUT2D eigenvalue weighted by atomic mass is 10.2. The molecule has 1 aliphatic heterocycles. The molecule has 1 saturated heterocycles. The summed E-state index contributed by atoms with van der Waals surface area (Å²) in [6.07, 6.45) is 1.28. The number of hydrogen-bond donors (Lipinski definition) is 1. The maximum Gasteiger partial charge on any atom is 0.271 e. The largest absolute Gasteiger partial charge is 0.380 e. The van der Waals surface area contributed by atoms with E-state index >= 15 is 0 Å². The highest BCUT2D eigenvalue weighted by atomic mass is 16.5. The van der Waals surface area contributed by atoms with E-state index in [1.807, 2.05) is 18.2 Å². The summed E-state index contributed by atoms with van der Waals surface area (Å²) < 4.78 is 10.5. The lowest BCUT2D eigenvalue weighted by Gasteiger charge is -2.17. The van der Waals surface area contributed by atoms with Crippen LogP contribution in [0.5, 0.6) is 0 Å². The molecule has 1 unspecified atom stereocenters. The van der Waals surface area contributed by atoms with Gasteiger partial charge in [0.2, 0.25) is 0 Å². The number of methoxy groups -OCH3 is 1. The van der Waals surface area contributed by atoms with Crippen molar-refractivity contribution >= 4 is 22.6 Å². The second kappa shape index (κ2) is 4.55. The SMILES string of the molecule is COC1CCN(c2ccc3c(C(N)=O)noc3c2)C1. The van der Waals surface area contributed by atoms with Crippen molar-refractivity contribution in [1.29, 1.82) is 0 Å². The van der Waals surface area contributed by atoms with Gasteiger partial charge in [-0.15, -0.1) is 0 Å². The van der Waals surface area contributed by atoms with E-state index in [0.29, 0.717) is 11.0 Å². The van der Waals surface area contributed by atoms with Gasteiger partial charge >= 0.3 is 0 Å². The molecular weight excluding hydrogens is 246 g/mol.